The smallest absolute Gasteiger partial charge is 0.326 e. The second-order valence-corrected chi connectivity index (χ2v) is 5.49. The Bertz CT molecular complexity index is 594. The molecule has 1 aromatic heterocycles. The molecule has 2 amide bonds. The van der Waals surface area contributed by atoms with Gasteiger partial charge in [-0.15, -0.1) is 0 Å². The first-order chi connectivity index (χ1) is 9.51. The van der Waals surface area contributed by atoms with Gasteiger partial charge in [0.2, 0.25) is 0 Å². The summed E-state index contributed by atoms with van der Waals surface area (Å²) < 4.78 is 10.5. The Morgan fingerprint density at radius 2 is 2.25 bits per heavy atom. The van der Waals surface area contributed by atoms with Gasteiger partial charge in [-0.2, -0.15) is 0 Å². The summed E-state index contributed by atoms with van der Waals surface area (Å²) in [6.07, 6.45) is 1.46. The maximum Gasteiger partial charge on any atom is 0.326 e. The molecule has 0 aromatic carbocycles. The van der Waals surface area contributed by atoms with Crippen LogP contribution in [0.15, 0.2) is 26.1 Å². The van der Waals surface area contributed by atoms with Crippen LogP contribution in [0, 0.1) is 0 Å². The van der Waals surface area contributed by atoms with Crippen molar-refractivity contribution in [2.75, 3.05) is 13.2 Å². The van der Waals surface area contributed by atoms with Crippen molar-refractivity contribution >= 4 is 50.9 Å². The van der Waals surface area contributed by atoms with Crippen molar-refractivity contribution < 1.29 is 23.5 Å². The van der Waals surface area contributed by atoms with Crippen LogP contribution in [0.5, 0.6) is 0 Å². The molecule has 0 bridgehead atoms. The Morgan fingerprint density at radius 1 is 1.50 bits per heavy atom. The van der Waals surface area contributed by atoms with Crippen molar-refractivity contribution in [1.82, 2.24) is 4.90 Å². The van der Waals surface area contributed by atoms with Gasteiger partial charge in [0, 0.05) is 6.08 Å². The predicted molar refractivity (Wildman–Crippen MR) is 75.7 cm³/mol. The lowest BCUT2D eigenvalue weighted by Gasteiger charge is -2.10. The van der Waals surface area contributed by atoms with Crippen molar-refractivity contribution in [2.24, 2.45) is 0 Å². The second-order valence-electron chi connectivity index (χ2n) is 3.71. The molecule has 1 saturated heterocycles. The summed E-state index contributed by atoms with van der Waals surface area (Å²) in [5.74, 6) is -0.698. The Morgan fingerprint density at radius 3 is 2.85 bits per heavy atom. The zero-order chi connectivity index (χ0) is 14.7. The molecule has 20 heavy (non-hydrogen) atoms. The third kappa shape index (κ3) is 3.31. The monoisotopic (exact) mass is 359 g/mol. The van der Waals surface area contributed by atoms with Gasteiger partial charge < -0.3 is 9.15 Å². The maximum atomic E-state index is 12.0. The summed E-state index contributed by atoms with van der Waals surface area (Å²) in [5.41, 5.74) is 0. The molecule has 8 heteroatoms. The molecule has 1 aliphatic rings. The zero-order valence-corrected chi connectivity index (χ0v) is 12.8. The molecule has 0 aliphatic carbocycles. The van der Waals surface area contributed by atoms with Crippen LogP contribution >= 0.6 is 27.7 Å². The highest BCUT2D eigenvalue weighted by atomic mass is 79.9. The van der Waals surface area contributed by atoms with Gasteiger partial charge in [-0.3, -0.25) is 19.3 Å². The molecule has 6 nitrogen and oxygen atoms in total. The highest BCUT2D eigenvalue weighted by Crippen LogP contribution is 2.32. The molecule has 0 radical (unpaired) electrons. The normalized spacial score (nSPS) is 17.1. The van der Waals surface area contributed by atoms with Crippen molar-refractivity contribution in [3.8, 4) is 0 Å². The minimum atomic E-state index is -0.614. The van der Waals surface area contributed by atoms with Crippen molar-refractivity contribution in [2.45, 2.75) is 6.92 Å². The number of carbonyl (C=O) groups excluding carboxylic acids is 3. The van der Waals surface area contributed by atoms with E-state index in [1.807, 2.05) is 0 Å². The molecule has 2 heterocycles. The zero-order valence-electron chi connectivity index (χ0n) is 10.4. The fourth-order valence-corrected chi connectivity index (χ4v) is 2.64. The number of imide groups is 1. The molecule has 0 saturated carbocycles. The van der Waals surface area contributed by atoms with Crippen LogP contribution in [-0.2, 0) is 14.3 Å². The van der Waals surface area contributed by atoms with Gasteiger partial charge in [-0.1, -0.05) is 0 Å². The van der Waals surface area contributed by atoms with Crippen LogP contribution in [0.25, 0.3) is 6.08 Å². The number of thioether (sulfide) groups is 1. The topological polar surface area (TPSA) is 76.8 Å². The third-order valence-electron chi connectivity index (χ3n) is 2.33. The number of carbonyl (C=O) groups is 3. The van der Waals surface area contributed by atoms with E-state index in [-0.39, 0.29) is 18.1 Å². The van der Waals surface area contributed by atoms with E-state index in [2.05, 4.69) is 15.9 Å². The Hall–Kier alpha value is -1.54. The van der Waals surface area contributed by atoms with E-state index >= 15 is 0 Å². The van der Waals surface area contributed by atoms with Gasteiger partial charge in [-0.25, -0.2) is 0 Å². The average Bonchev–Trinajstić information content (AvgIpc) is 2.89. The Labute approximate surface area is 127 Å². The minimum Gasteiger partial charge on any atom is -0.465 e. The van der Waals surface area contributed by atoms with Crippen LogP contribution in [0.4, 0.5) is 4.79 Å². The molecule has 1 fully saturated rings. The molecule has 2 rings (SSSR count). The quantitative estimate of drug-likeness (QED) is 0.607. The molecule has 0 atom stereocenters. The van der Waals surface area contributed by atoms with Crippen LogP contribution in [-0.4, -0.2) is 35.2 Å². The molecule has 1 aliphatic heterocycles. The van der Waals surface area contributed by atoms with E-state index in [0.717, 1.165) is 16.7 Å². The number of nitrogens with zero attached hydrogens (tertiary/aromatic N) is 1. The highest BCUT2D eigenvalue weighted by molar-refractivity contribution is 9.10. The molecule has 1 aromatic rings. The number of halogens is 1. The van der Waals surface area contributed by atoms with Crippen molar-refractivity contribution in [3.63, 3.8) is 0 Å². The summed E-state index contributed by atoms with van der Waals surface area (Å²) in [5, 5.41) is -0.500. The molecule has 0 spiro atoms. The average molecular weight is 360 g/mol. The van der Waals surface area contributed by atoms with Crippen LogP contribution in [0.2, 0.25) is 0 Å². The Kier molecular flexibility index (Phi) is 4.66. The van der Waals surface area contributed by atoms with E-state index in [0.29, 0.717) is 10.4 Å². The van der Waals surface area contributed by atoms with Gasteiger partial charge in [-0.05, 0) is 46.7 Å². The summed E-state index contributed by atoms with van der Waals surface area (Å²) >= 11 is 3.91. The Balaban J connectivity index is 2.12. The van der Waals surface area contributed by atoms with E-state index in [9.17, 15) is 14.4 Å². The summed E-state index contributed by atoms with van der Waals surface area (Å²) in [7, 11) is 0. The van der Waals surface area contributed by atoms with Gasteiger partial charge in [0.05, 0.1) is 11.5 Å². The summed E-state index contributed by atoms with van der Waals surface area (Å²) in [4.78, 5) is 36.1. The molecular formula is C12H10BrNO5S. The molecule has 0 N–H and O–H groups in total. The summed E-state index contributed by atoms with van der Waals surface area (Å²) in [6.45, 7) is 1.48. The predicted octanol–water partition coefficient (Wildman–Crippen LogP) is 2.64. The SMILES string of the molecule is CCOC(=O)CN1C(=O)SC(=Cc2ccc(Br)o2)C1=O. The van der Waals surface area contributed by atoms with Gasteiger partial charge in [0.1, 0.15) is 12.3 Å². The lowest BCUT2D eigenvalue weighted by molar-refractivity contribution is -0.145. The third-order valence-corrected chi connectivity index (χ3v) is 3.67. The lowest BCUT2D eigenvalue weighted by atomic mass is 10.3. The highest BCUT2D eigenvalue weighted by Gasteiger charge is 2.36. The minimum absolute atomic E-state index is 0.200. The van der Waals surface area contributed by atoms with Crippen LogP contribution < -0.4 is 0 Å². The number of hydrogen-bond acceptors (Lipinski definition) is 6. The van der Waals surface area contributed by atoms with Crippen molar-refractivity contribution in [1.29, 1.82) is 0 Å². The van der Waals surface area contributed by atoms with E-state index in [1.54, 1.807) is 19.1 Å². The van der Waals surface area contributed by atoms with Gasteiger partial charge >= 0.3 is 5.97 Å². The van der Waals surface area contributed by atoms with Gasteiger partial charge in [0.25, 0.3) is 11.1 Å². The largest absolute Gasteiger partial charge is 0.465 e. The maximum absolute atomic E-state index is 12.0. The molecular weight excluding hydrogens is 350 g/mol. The van der Waals surface area contributed by atoms with E-state index in [4.69, 9.17) is 9.15 Å². The number of furan rings is 1. The fraction of sp³-hybridized carbons (Fsp3) is 0.250. The first-order valence-corrected chi connectivity index (χ1v) is 7.28. The number of hydrogen-bond donors (Lipinski definition) is 0. The number of rotatable bonds is 4. The first kappa shape index (κ1) is 14.9. The number of esters is 1. The molecule has 0 unspecified atom stereocenters. The number of amides is 2. The van der Waals surface area contributed by atoms with E-state index in [1.165, 1.54) is 6.08 Å². The van der Waals surface area contributed by atoms with E-state index < -0.39 is 17.1 Å². The summed E-state index contributed by atoms with van der Waals surface area (Å²) in [6, 6.07) is 3.33. The second kappa shape index (κ2) is 6.27. The van der Waals surface area contributed by atoms with Gasteiger partial charge in [0.15, 0.2) is 4.67 Å². The fourth-order valence-electron chi connectivity index (χ4n) is 1.51. The first-order valence-electron chi connectivity index (χ1n) is 5.67. The van der Waals surface area contributed by atoms with Crippen LogP contribution in [0.1, 0.15) is 12.7 Å². The molecule has 106 valence electrons. The standard InChI is InChI=1S/C12H10BrNO5S/c1-2-18-10(15)6-14-11(16)8(20-12(14)17)5-7-3-4-9(13)19-7/h3-5H,2,6H2,1H3. The number of ether oxygens (including phenoxy) is 1. The lowest BCUT2D eigenvalue weighted by Crippen LogP contribution is -2.34. The van der Waals surface area contributed by atoms with Crippen LogP contribution in [0.3, 0.4) is 0 Å². The van der Waals surface area contributed by atoms with Crippen molar-refractivity contribution in [3.05, 3.63) is 27.5 Å².